The number of nitrogens with zero attached hydrogens (tertiary/aromatic N) is 1. The lowest BCUT2D eigenvalue weighted by Gasteiger charge is -2.08. The van der Waals surface area contributed by atoms with Gasteiger partial charge >= 0.3 is 6.09 Å². The SMILES string of the molecule is COC(=O)N1OC=CO1. The molecule has 1 aliphatic rings. The van der Waals surface area contributed by atoms with Gasteiger partial charge in [0, 0.05) is 5.23 Å². The molecule has 0 radical (unpaired) electrons. The van der Waals surface area contributed by atoms with Gasteiger partial charge in [-0.3, -0.25) is 0 Å². The van der Waals surface area contributed by atoms with Gasteiger partial charge in [0.2, 0.25) is 0 Å². The summed E-state index contributed by atoms with van der Waals surface area (Å²) in [6.45, 7) is 0. The number of hydroxylamine groups is 2. The summed E-state index contributed by atoms with van der Waals surface area (Å²) in [6, 6.07) is 0. The van der Waals surface area contributed by atoms with E-state index in [1.54, 1.807) is 0 Å². The highest BCUT2D eigenvalue weighted by molar-refractivity contribution is 5.65. The smallest absolute Gasteiger partial charge is 0.448 e. The first-order chi connectivity index (χ1) is 4.34. The van der Waals surface area contributed by atoms with Crippen LogP contribution in [0.4, 0.5) is 4.79 Å². The van der Waals surface area contributed by atoms with E-state index in [4.69, 9.17) is 0 Å². The zero-order valence-electron chi connectivity index (χ0n) is 4.73. The lowest BCUT2D eigenvalue weighted by molar-refractivity contribution is -0.249. The fraction of sp³-hybridized carbons (Fsp3) is 0.250. The molecule has 0 atom stereocenters. The van der Waals surface area contributed by atoms with Gasteiger partial charge < -0.3 is 14.4 Å². The molecule has 9 heavy (non-hydrogen) atoms. The lowest BCUT2D eigenvalue weighted by atomic mass is 11.1. The standard InChI is InChI=1S/C4H5NO4/c1-7-4(6)5-8-2-3-9-5/h2-3H,1H3. The minimum Gasteiger partial charge on any atom is -0.448 e. The van der Waals surface area contributed by atoms with E-state index in [1.165, 1.54) is 19.6 Å². The number of carbonyl (C=O) groups excluding carboxylic acids is 1. The van der Waals surface area contributed by atoms with Crippen LogP contribution in [0, 0.1) is 0 Å². The second-order valence-electron chi connectivity index (χ2n) is 1.21. The average molecular weight is 131 g/mol. The zero-order valence-corrected chi connectivity index (χ0v) is 4.73. The summed E-state index contributed by atoms with van der Waals surface area (Å²) < 4.78 is 4.23. The Balaban J connectivity index is 2.36. The highest BCUT2D eigenvalue weighted by atomic mass is 17.0. The van der Waals surface area contributed by atoms with Gasteiger partial charge in [-0.1, -0.05) is 0 Å². The second kappa shape index (κ2) is 2.25. The molecule has 0 unspecified atom stereocenters. The molecule has 0 spiro atoms. The zero-order chi connectivity index (χ0) is 6.69. The van der Waals surface area contributed by atoms with Crippen LogP contribution in [0.3, 0.4) is 0 Å². The van der Waals surface area contributed by atoms with Crippen molar-refractivity contribution < 1.29 is 19.2 Å². The fourth-order valence-electron chi connectivity index (χ4n) is 0.346. The Labute approximate surface area is 51.3 Å². The number of ether oxygens (including phenoxy) is 1. The summed E-state index contributed by atoms with van der Waals surface area (Å²) in [5.41, 5.74) is 0. The maximum atomic E-state index is 10.4. The van der Waals surface area contributed by atoms with Crippen LogP contribution in [0.5, 0.6) is 0 Å². The molecule has 5 nitrogen and oxygen atoms in total. The van der Waals surface area contributed by atoms with E-state index in [0.717, 1.165) is 0 Å². The van der Waals surface area contributed by atoms with Crippen molar-refractivity contribution in [1.82, 2.24) is 5.23 Å². The van der Waals surface area contributed by atoms with Crippen molar-refractivity contribution in [3.8, 4) is 0 Å². The van der Waals surface area contributed by atoms with Crippen molar-refractivity contribution >= 4 is 6.09 Å². The molecular weight excluding hydrogens is 126 g/mol. The third-order valence-electron chi connectivity index (χ3n) is 0.692. The number of hydrogen-bond acceptors (Lipinski definition) is 4. The molecule has 0 bridgehead atoms. The first-order valence-electron chi connectivity index (χ1n) is 2.21. The number of methoxy groups -OCH3 is 1. The molecule has 0 saturated carbocycles. The van der Waals surface area contributed by atoms with Gasteiger partial charge in [0.15, 0.2) is 12.5 Å². The van der Waals surface area contributed by atoms with Crippen LogP contribution >= 0.6 is 0 Å². The minimum atomic E-state index is -0.694. The summed E-state index contributed by atoms with van der Waals surface area (Å²) in [5.74, 6) is 0. The molecule has 0 aliphatic carbocycles. The summed E-state index contributed by atoms with van der Waals surface area (Å²) in [7, 11) is 1.23. The molecular formula is C4H5NO4. The predicted octanol–water partition coefficient (Wildman–Crippen LogP) is 0.403. The molecule has 0 aromatic carbocycles. The molecule has 1 amide bonds. The molecule has 0 aromatic heterocycles. The van der Waals surface area contributed by atoms with Gasteiger partial charge in [0.05, 0.1) is 7.11 Å². The van der Waals surface area contributed by atoms with Gasteiger partial charge in [0.1, 0.15) is 0 Å². The fourth-order valence-corrected chi connectivity index (χ4v) is 0.346. The summed E-state index contributed by atoms with van der Waals surface area (Å²) >= 11 is 0. The Morgan fingerprint density at radius 2 is 2.11 bits per heavy atom. The van der Waals surface area contributed by atoms with E-state index in [2.05, 4.69) is 14.4 Å². The van der Waals surface area contributed by atoms with Gasteiger partial charge in [-0.05, 0) is 0 Å². The number of amides is 1. The Hall–Kier alpha value is -1.39. The molecule has 0 N–H and O–H groups in total. The minimum absolute atomic E-state index is 0.611. The normalized spacial score (nSPS) is 14.6. The van der Waals surface area contributed by atoms with Gasteiger partial charge in [-0.2, -0.15) is 0 Å². The first-order valence-corrected chi connectivity index (χ1v) is 2.21. The first kappa shape index (κ1) is 5.74. The monoisotopic (exact) mass is 131 g/mol. The van der Waals surface area contributed by atoms with Gasteiger partial charge in [-0.25, -0.2) is 4.79 Å². The van der Waals surface area contributed by atoms with E-state index in [1.807, 2.05) is 0 Å². The quantitative estimate of drug-likeness (QED) is 0.477. The number of rotatable bonds is 0. The highest BCUT2D eigenvalue weighted by Gasteiger charge is 2.18. The highest BCUT2D eigenvalue weighted by Crippen LogP contribution is 2.03. The molecule has 1 heterocycles. The van der Waals surface area contributed by atoms with E-state index >= 15 is 0 Å². The van der Waals surface area contributed by atoms with Gasteiger partial charge in [-0.15, -0.1) is 0 Å². The lowest BCUT2D eigenvalue weighted by Crippen LogP contribution is -2.24. The third kappa shape index (κ3) is 1.04. The predicted molar refractivity (Wildman–Crippen MR) is 25.6 cm³/mol. The molecule has 1 rings (SSSR count). The van der Waals surface area contributed by atoms with Crippen molar-refractivity contribution in [3.05, 3.63) is 12.5 Å². The van der Waals surface area contributed by atoms with Crippen LogP contribution in [-0.4, -0.2) is 18.4 Å². The van der Waals surface area contributed by atoms with Crippen molar-refractivity contribution in [1.29, 1.82) is 0 Å². The van der Waals surface area contributed by atoms with Crippen LogP contribution in [0.1, 0.15) is 0 Å². The average Bonchev–Trinajstić information content (AvgIpc) is 2.37. The van der Waals surface area contributed by atoms with Crippen molar-refractivity contribution in [2.24, 2.45) is 0 Å². The third-order valence-corrected chi connectivity index (χ3v) is 0.692. The van der Waals surface area contributed by atoms with Gasteiger partial charge in [0.25, 0.3) is 0 Å². The molecule has 1 aliphatic heterocycles. The van der Waals surface area contributed by atoms with Crippen molar-refractivity contribution in [2.75, 3.05) is 7.11 Å². The molecule has 0 fully saturated rings. The maximum Gasteiger partial charge on any atom is 0.478 e. The Bertz CT molecular complexity index is 136. The van der Waals surface area contributed by atoms with Crippen LogP contribution in [0.25, 0.3) is 0 Å². The largest absolute Gasteiger partial charge is 0.478 e. The van der Waals surface area contributed by atoms with Crippen molar-refractivity contribution in [2.45, 2.75) is 0 Å². The topological polar surface area (TPSA) is 48.0 Å². The summed E-state index contributed by atoms with van der Waals surface area (Å²) in [4.78, 5) is 19.4. The maximum absolute atomic E-state index is 10.4. The summed E-state index contributed by atoms with van der Waals surface area (Å²) in [5, 5.41) is 0.611. The van der Waals surface area contributed by atoms with Crippen molar-refractivity contribution in [3.63, 3.8) is 0 Å². The van der Waals surface area contributed by atoms with E-state index < -0.39 is 6.09 Å². The Morgan fingerprint density at radius 1 is 1.56 bits per heavy atom. The second-order valence-corrected chi connectivity index (χ2v) is 1.21. The number of carbonyl (C=O) groups is 1. The van der Waals surface area contributed by atoms with Crippen LogP contribution in [-0.2, 0) is 14.4 Å². The summed E-state index contributed by atoms with van der Waals surface area (Å²) in [6.07, 6.45) is 1.74. The number of hydrogen-bond donors (Lipinski definition) is 0. The molecule has 5 heteroatoms. The molecule has 0 saturated heterocycles. The Kier molecular flexibility index (Phi) is 1.44. The van der Waals surface area contributed by atoms with E-state index in [9.17, 15) is 4.79 Å². The van der Waals surface area contributed by atoms with Crippen LogP contribution in [0.15, 0.2) is 12.5 Å². The van der Waals surface area contributed by atoms with Crippen LogP contribution in [0.2, 0.25) is 0 Å². The molecule has 50 valence electrons. The Morgan fingerprint density at radius 3 is 2.56 bits per heavy atom. The van der Waals surface area contributed by atoms with E-state index in [0.29, 0.717) is 5.23 Å². The van der Waals surface area contributed by atoms with E-state index in [-0.39, 0.29) is 0 Å². The molecule has 0 aromatic rings. The van der Waals surface area contributed by atoms with Crippen LogP contribution < -0.4 is 0 Å².